The first-order chi connectivity index (χ1) is 11.8. The Bertz CT molecular complexity index is 965. The van der Waals surface area contributed by atoms with Crippen molar-refractivity contribution in [3.63, 3.8) is 0 Å². The van der Waals surface area contributed by atoms with Crippen LogP contribution in [0.1, 0.15) is 18.9 Å². The SMILES string of the molecule is CCC1=Nc2c(ccc3ccccc23)OC12Cc1ccccc1N2. The van der Waals surface area contributed by atoms with Gasteiger partial charge >= 0.3 is 0 Å². The number of anilines is 1. The fourth-order valence-electron chi connectivity index (χ4n) is 3.83. The minimum absolute atomic E-state index is 0.548. The summed E-state index contributed by atoms with van der Waals surface area (Å²) in [6.45, 7) is 2.14. The van der Waals surface area contributed by atoms with Crippen molar-refractivity contribution >= 4 is 27.9 Å². The molecule has 3 heteroatoms. The molecule has 0 bridgehead atoms. The van der Waals surface area contributed by atoms with Gasteiger partial charge in [-0.05, 0) is 29.5 Å². The molecular formula is C21H18N2O. The lowest BCUT2D eigenvalue weighted by molar-refractivity contribution is 0.173. The van der Waals surface area contributed by atoms with Gasteiger partial charge in [-0.25, -0.2) is 4.99 Å². The predicted molar refractivity (Wildman–Crippen MR) is 98.5 cm³/mol. The standard InChI is InChI=1S/C21H18N2O/c1-2-19-21(13-15-8-4-6-10-17(15)23-21)24-18-12-11-14-7-3-5-9-16(14)20(18)22-19/h3-12,23H,2,13H2,1H3. The summed E-state index contributed by atoms with van der Waals surface area (Å²) < 4.78 is 6.53. The van der Waals surface area contributed by atoms with Crippen LogP contribution < -0.4 is 10.1 Å². The average Bonchev–Trinajstić information content (AvgIpc) is 2.99. The monoisotopic (exact) mass is 314 g/mol. The third kappa shape index (κ3) is 1.81. The van der Waals surface area contributed by atoms with Crippen molar-refractivity contribution in [3.05, 3.63) is 66.2 Å². The van der Waals surface area contributed by atoms with Crippen molar-refractivity contribution in [1.82, 2.24) is 0 Å². The molecule has 0 aliphatic carbocycles. The van der Waals surface area contributed by atoms with Crippen LogP contribution in [-0.2, 0) is 6.42 Å². The lowest BCUT2D eigenvalue weighted by Crippen LogP contribution is -2.51. The highest BCUT2D eigenvalue weighted by atomic mass is 16.5. The van der Waals surface area contributed by atoms with Crippen LogP contribution in [0.3, 0.4) is 0 Å². The smallest absolute Gasteiger partial charge is 0.224 e. The van der Waals surface area contributed by atoms with Crippen LogP contribution in [0.25, 0.3) is 10.8 Å². The first kappa shape index (κ1) is 13.6. The molecule has 1 spiro atoms. The Morgan fingerprint density at radius 1 is 1.04 bits per heavy atom. The molecule has 0 aromatic heterocycles. The molecule has 1 unspecified atom stereocenters. The van der Waals surface area contributed by atoms with Gasteiger partial charge in [-0.2, -0.15) is 0 Å². The molecule has 3 aromatic rings. The van der Waals surface area contributed by atoms with Gasteiger partial charge in [0.1, 0.15) is 11.4 Å². The summed E-state index contributed by atoms with van der Waals surface area (Å²) in [6, 6.07) is 20.9. The van der Waals surface area contributed by atoms with E-state index in [9.17, 15) is 0 Å². The minimum Gasteiger partial charge on any atom is -0.460 e. The molecule has 3 aromatic carbocycles. The fourth-order valence-corrected chi connectivity index (χ4v) is 3.83. The Balaban J connectivity index is 1.68. The lowest BCUT2D eigenvalue weighted by atomic mass is 9.97. The van der Waals surface area contributed by atoms with Gasteiger partial charge in [0.2, 0.25) is 5.72 Å². The van der Waals surface area contributed by atoms with Gasteiger partial charge in [0.05, 0.1) is 5.71 Å². The van der Waals surface area contributed by atoms with Gasteiger partial charge in [0, 0.05) is 17.5 Å². The third-order valence-electron chi connectivity index (χ3n) is 4.99. The molecule has 1 N–H and O–H groups in total. The van der Waals surface area contributed by atoms with Gasteiger partial charge in [0.25, 0.3) is 0 Å². The van der Waals surface area contributed by atoms with E-state index in [1.165, 1.54) is 10.9 Å². The van der Waals surface area contributed by atoms with Crippen LogP contribution in [0, 0.1) is 0 Å². The van der Waals surface area contributed by atoms with E-state index in [4.69, 9.17) is 9.73 Å². The summed E-state index contributed by atoms with van der Waals surface area (Å²) in [6.07, 6.45) is 1.66. The molecule has 24 heavy (non-hydrogen) atoms. The minimum atomic E-state index is -0.548. The van der Waals surface area contributed by atoms with Crippen LogP contribution >= 0.6 is 0 Å². The summed E-state index contributed by atoms with van der Waals surface area (Å²) in [5.74, 6) is 0.853. The first-order valence-electron chi connectivity index (χ1n) is 8.44. The molecule has 5 rings (SSSR count). The average molecular weight is 314 g/mol. The summed E-state index contributed by atoms with van der Waals surface area (Å²) in [5, 5.41) is 5.92. The van der Waals surface area contributed by atoms with Crippen molar-refractivity contribution < 1.29 is 4.74 Å². The van der Waals surface area contributed by atoms with Crippen LogP contribution in [0.5, 0.6) is 5.75 Å². The van der Waals surface area contributed by atoms with E-state index in [1.54, 1.807) is 0 Å². The molecule has 3 nitrogen and oxygen atoms in total. The zero-order chi connectivity index (χ0) is 16.1. The Hall–Kier alpha value is -2.81. The van der Waals surface area contributed by atoms with Crippen molar-refractivity contribution in [2.75, 3.05) is 5.32 Å². The Morgan fingerprint density at radius 2 is 1.88 bits per heavy atom. The maximum atomic E-state index is 6.53. The van der Waals surface area contributed by atoms with Crippen LogP contribution in [0.2, 0.25) is 0 Å². The summed E-state index contributed by atoms with van der Waals surface area (Å²) in [5.41, 5.74) is 3.88. The molecule has 0 radical (unpaired) electrons. The highest BCUT2D eigenvalue weighted by Crippen LogP contribution is 2.45. The van der Waals surface area contributed by atoms with Gasteiger partial charge in [-0.15, -0.1) is 0 Å². The second-order valence-electron chi connectivity index (χ2n) is 6.43. The maximum Gasteiger partial charge on any atom is 0.224 e. The Morgan fingerprint density at radius 3 is 2.75 bits per heavy atom. The highest BCUT2D eigenvalue weighted by molar-refractivity contribution is 6.05. The largest absolute Gasteiger partial charge is 0.460 e. The quantitative estimate of drug-likeness (QED) is 0.679. The molecule has 2 aliphatic heterocycles. The molecule has 2 heterocycles. The number of fused-ring (bicyclic) bond motifs is 4. The topological polar surface area (TPSA) is 33.6 Å². The summed E-state index contributed by atoms with van der Waals surface area (Å²) >= 11 is 0. The number of aliphatic imine (C=N–C) groups is 1. The predicted octanol–water partition coefficient (Wildman–Crippen LogP) is 5.08. The van der Waals surface area contributed by atoms with E-state index in [-0.39, 0.29) is 0 Å². The zero-order valence-corrected chi connectivity index (χ0v) is 13.5. The number of hydrogen-bond acceptors (Lipinski definition) is 3. The van der Waals surface area contributed by atoms with Gasteiger partial charge in [-0.1, -0.05) is 55.5 Å². The number of ether oxygens (including phenoxy) is 1. The zero-order valence-electron chi connectivity index (χ0n) is 13.5. The van der Waals surface area contributed by atoms with E-state index in [2.05, 4.69) is 66.8 Å². The fraction of sp³-hybridized carbons (Fsp3) is 0.190. The van der Waals surface area contributed by atoms with E-state index >= 15 is 0 Å². The third-order valence-corrected chi connectivity index (χ3v) is 4.99. The van der Waals surface area contributed by atoms with Crippen LogP contribution in [0.4, 0.5) is 11.4 Å². The Labute approximate surface area is 141 Å². The first-order valence-corrected chi connectivity index (χ1v) is 8.44. The number of nitrogens with one attached hydrogen (secondary N) is 1. The maximum absolute atomic E-state index is 6.53. The molecule has 2 aliphatic rings. The Kier molecular flexibility index (Phi) is 2.75. The molecule has 0 saturated heterocycles. The lowest BCUT2D eigenvalue weighted by Gasteiger charge is -2.36. The van der Waals surface area contributed by atoms with Gasteiger partial charge in [0.15, 0.2) is 0 Å². The summed E-state index contributed by atoms with van der Waals surface area (Å²) in [7, 11) is 0. The second-order valence-corrected chi connectivity index (χ2v) is 6.43. The van der Waals surface area contributed by atoms with E-state index in [0.717, 1.165) is 41.1 Å². The number of rotatable bonds is 1. The van der Waals surface area contributed by atoms with Crippen molar-refractivity contribution in [1.29, 1.82) is 0 Å². The van der Waals surface area contributed by atoms with Gasteiger partial charge < -0.3 is 10.1 Å². The number of hydrogen-bond donors (Lipinski definition) is 1. The normalized spacial score (nSPS) is 21.0. The van der Waals surface area contributed by atoms with Crippen molar-refractivity contribution in [2.45, 2.75) is 25.5 Å². The van der Waals surface area contributed by atoms with Crippen LogP contribution in [0.15, 0.2) is 65.7 Å². The van der Waals surface area contributed by atoms with Gasteiger partial charge in [-0.3, -0.25) is 0 Å². The second kappa shape index (κ2) is 4.84. The number of nitrogens with zero attached hydrogens (tertiary/aromatic N) is 1. The van der Waals surface area contributed by atoms with E-state index in [1.807, 2.05) is 6.07 Å². The van der Waals surface area contributed by atoms with E-state index < -0.39 is 5.72 Å². The summed E-state index contributed by atoms with van der Waals surface area (Å²) in [4.78, 5) is 5.04. The molecule has 118 valence electrons. The molecule has 0 fully saturated rings. The number of para-hydroxylation sites is 1. The van der Waals surface area contributed by atoms with Crippen molar-refractivity contribution in [3.8, 4) is 5.75 Å². The molecule has 0 amide bonds. The highest BCUT2D eigenvalue weighted by Gasteiger charge is 2.45. The van der Waals surface area contributed by atoms with Crippen LogP contribution in [-0.4, -0.2) is 11.4 Å². The van der Waals surface area contributed by atoms with E-state index in [0.29, 0.717) is 0 Å². The molecule has 0 saturated carbocycles. The molecular weight excluding hydrogens is 296 g/mol. The van der Waals surface area contributed by atoms with Crippen molar-refractivity contribution in [2.24, 2.45) is 4.99 Å². The molecule has 1 atom stereocenters. The number of benzene rings is 3.